The highest BCUT2D eigenvalue weighted by molar-refractivity contribution is 7.80. The number of aromatic hydroxyl groups is 1. The van der Waals surface area contributed by atoms with Gasteiger partial charge < -0.3 is 43.4 Å². The van der Waals surface area contributed by atoms with E-state index in [4.69, 9.17) is 17.2 Å². The van der Waals surface area contributed by atoms with Crippen molar-refractivity contribution < 1.29 is 39.0 Å². The van der Waals surface area contributed by atoms with Gasteiger partial charge in [0, 0.05) is 25.0 Å². The molecule has 0 saturated heterocycles. The fraction of sp³-hybridized carbons (Fsp3) is 0.455. The van der Waals surface area contributed by atoms with Crippen LogP contribution < -0.4 is 33.2 Å². The van der Waals surface area contributed by atoms with Crippen LogP contribution in [0.2, 0.25) is 0 Å². The molecule has 0 bridgehead atoms. The Morgan fingerprint density at radius 1 is 0.784 bits per heavy atom. The lowest BCUT2D eigenvalue weighted by Crippen LogP contribution is -2.58. The molecule has 0 spiro atoms. The smallest absolute Gasteiger partial charge is 0.327 e. The van der Waals surface area contributed by atoms with Crippen LogP contribution in [0.1, 0.15) is 31.2 Å². The van der Waals surface area contributed by atoms with Crippen LogP contribution >= 0.6 is 12.6 Å². The molecule has 1 aromatic carbocycles. The van der Waals surface area contributed by atoms with Crippen molar-refractivity contribution in [3.8, 4) is 5.75 Å². The summed E-state index contributed by atoms with van der Waals surface area (Å²) < 4.78 is 0. The molecule has 0 aromatic heterocycles. The molecule has 204 valence electrons. The summed E-state index contributed by atoms with van der Waals surface area (Å²) in [6.45, 7) is 0. The molecule has 0 aliphatic carbocycles. The van der Waals surface area contributed by atoms with Crippen molar-refractivity contribution in [3.63, 3.8) is 0 Å². The highest BCUT2D eigenvalue weighted by Crippen LogP contribution is 2.12. The number of carboxylic acids is 1. The molecule has 1 aromatic rings. The van der Waals surface area contributed by atoms with Crippen LogP contribution in [0.4, 0.5) is 0 Å². The number of nitrogens with one attached hydrogen (secondary N) is 3. The predicted molar refractivity (Wildman–Crippen MR) is 134 cm³/mol. The number of phenols is 1. The molecule has 0 fully saturated rings. The zero-order chi connectivity index (χ0) is 28.1. The van der Waals surface area contributed by atoms with E-state index in [0.717, 1.165) is 0 Å². The first-order valence-corrected chi connectivity index (χ1v) is 11.8. The van der Waals surface area contributed by atoms with Gasteiger partial charge in [0.05, 0.1) is 6.04 Å². The normalized spacial score (nSPS) is 13.9. The number of carboxylic acid groups (broad SMARTS) is 1. The summed E-state index contributed by atoms with van der Waals surface area (Å²) in [6.07, 6.45) is -0.873. The first kappa shape index (κ1) is 31.2. The van der Waals surface area contributed by atoms with Crippen LogP contribution in [-0.4, -0.2) is 75.6 Å². The molecular weight excluding hydrogens is 508 g/mol. The van der Waals surface area contributed by atoms with Gasteiger partial charge in [-0.3, -0.25) is 24.0 Å². The van der Waals surface area contributed by atoms with Crippen LogP contribution in [0.25, 0.3) is 0 Å². The largest absolute Gasteiger partial charge is 0.508 e. The minimum atomic E-state index is -1.34. The summed E-state index contributed by atoms with van der Waals surface area (Å²) in [5, 5.41) is 25.8. The molecule has 0 aliphatic heterocycles. The standard InChI is InChI=1S/C22H32N6O8S/c23-13(5-7-17(24)30)19(32)26-14(6-8-18(25)31)20(33)27-15(9-11-1-3-12(29)4-2-11)21(34)28-16(10-37)22(35)36/h1-4,13-16,29,37H,5-10,23H2,(H2,24,30)(H2,25,31)(H,26,32)(H,27,33)(H,28,34)(H,35,36). The first-order chi connectivity index (χ1) is 17.3. The second-order valence-electron chi connectivity index (χ2n) is 8.19. The van der Waals surface area contributed by atoms with E-state index in [1.807, 2.05) is 0 Å². The van der Waals surface area contributed by atoms with E-state index in [0.29, 0.717) is 5.56 Å². The maximum atomic E-state index is 13.1. The first-order valence-electron chi connectivity index (χ1n) is 11.2. The molecule has 0 heterocycles. The van der Waals surface area contributed by atoms with Crippen molar-refractivity contribution in [3.05, 3.63) is 29.8 Å². The van der Waals surface area contributed by atoms with Gasteiger partial charge in [-0.15, -0.1) is 0 Å². The molecule has 0 saturated carbocycles. The Morgan fingerprint density at radius 3 is 1.78 bits per heavy atom. The Bertz CT molecular complexity index is 990. The molecule has 15 heteroatoms. The number of amides is 5. The number of rotatable bonds is 16. The highest BCUT2D eigenvalue weighted by atomic mass is 32.1. The fourth-order valence-corrected chi connectivity index (χ4v) is 3.32. The van der Waals surface area contributed by atoms with Crippen LogP contribution in [0.5, 0.6) is 5.75 Å². The number of phenolic OH excluding ortho intramolecular Hbond substituents is 1. The van der Waals surface area contributed by atoms with Crippen molar-refractivity contribution in [2.24, 2.45) is 17.2 Å². The van der Waals surface area contributed by atoms with E-state index >= 15 is 0 Å². The molecular formula is C22H32N6O8S. The van der Waals surface area contributed by atoms with E-state index in [9.17, 15) is 39.0 Å². The highest BCUT2D eigenvalue weighted by Gasteiger charge is 2.30. The van der Waals surface area contributed by atoms with Gasteiger partial charge in [0.1, 0.15) is 23.9 Å². The molecule has 1 rings (SSSR count). The summed E-state index contributed by atoms with van der Waals surface area (Å²) >= 11 is 3.90. The fourth-order valence-electron chi connectivity index (χ4n) is 3.07. The monoisotopic (exact) mass is 540 g/mol. The zero-order valence-corrected chi connectivity index (χ0v) is 20.8. The Labute approximate surface area is 218 Å². The molecule has 37 heavy (non-hydrogen) atoms. The minimum absolute atomic E-state index is 0.0308. The Kier molecular flexibility index (Phi) is 12.9. The van der Waals surface area contributed by atoms with Crippen molar-refractivity contribution >= 4 is 48.1 Å². The number of thiol groups is 1. The molecule has 5 amide bonds. The molecule has 4 atom stereocenters. The van der Waals surface area contributed by atoms with Crippen LogP contribution in [0, 0.1) is 0 Å². The summed E-state index contributed by atoms with van der Waals surface area (Å²) in [4.78, 5) is 72.0. The number of carbonyl (C=O) groups excluding carboxylic acids is 5. The van der Waals surface area contributed by atoms with E-state index in [-0.39, 0.29) is 43.6 Å². The number of nitrogens with two attached hydrogens (primary N) is 3. The maximum Gasteiger partial charge on any atom is 0.327 e. The van der Waals surface area contributed by atoms with Gasteiger partial charge in [-0.05, 0) is 30.5 Å². The number of carbonyl (C=O) groups is 6. The zero-order valence-electron chi connectivity index (χ0n) is 19.9. The SMILES string of the molecule is NC(=O)CCC(N)C(=O)NC(CCC(N)=O)C(=O)NC(Cc1ccc(O)cc1)C(=O)NC(CS)C(=O)O. The van der Waals surface area contributed by atoms with Gasteiger partial charge in [-0.2, -0.15) is 12.6 Å². The van der Waals surface area contributed by atoms with Crippen molar-refractivity contribution in [1.82, 2.24) is 16.0 Å². The van der Waals surface area contributed by atoms with Crippen LogP contribution in [-0.2, 0) is 35.2 Å². The van der Waals surface area contributed by atoms with E-state index in [2.05, 4.69) is 28.6 Å². The van der Waals surface area contributed by atoms with Crippen LogP contribution in [0.15, 0.2) is 24.3 Å². The second kappa shape index (κ2) is 15.3. The summed E-state index contributed by atoms with van der Waals surface area (Å²) in [7, 11) is 0. The molecule has 14 nitrogen and oxygen atoms in total. The van der Waals surface area contributed by atoms with E-state index in [1.54, 1.807) is 0 Å². The Hall–Kier alpha value is -3.85. The topological polar surface area (TPSA) is 257 Å². The number of hydrogen-bond donors (Lipinski definition) is 9. The van der Waals surface area contributed by atoms with E-state index < -0.39 is 59.7 Å². The third kappa shape index (κ3) is 11.6. The van der Waals surface area contributed by atoms with Gasteiger partial charge >= 0.3 is 5.97 Å². The maximum absolute atomic E-state index is 13.1. The van der Waals surface area contributed by atoms with Gasteiger partial charge in [-0.1, -0.05) is 12.1 Å². The number of benzene rings is 1. The third-order valence-corrected chi connectivity index (χ3v) is 5.52. The summed E-state index contributed by atoms with van der Waals surface area (Å²) in [6, 6.07) is 0.554. The molecule has 4 unspecified atom stereocenters. The molecule has 11 N–H and O–H groups in total. The number of aliphatic carboxylic acids is 1. The average molecular weight is 541 g/mol. The second-order valence-corrected chi connectivity index (χ2v) is 8.56. The van der Waals surface area contributed by atoms with Gasteiger partial charge in [0.2, 0.25) is 29.5 Å². The lowest BCUT2D eigenvalue weighted by molar-refractivity contribution is -0.141. The summed E-state index contributed by atoms with van der Waals surface area (Å²) in [5.41, 5.74) is 16.5. The van der Waals surface area contributed by atoms with Crippen molar-refractivity contribution in [2.75, 3.05) is 5.75 Å². The lowest BCUT2D eigenvalue weighted by atomic mass is 10.0. The van der Waals surface area contributed by atoms with Gasteiger partial charge in [0.25, 0.3) is 0 Å². The third-order valence-electron chi connectivity index (χ3n) is 5.16. The molecule has 0 radical (unpaired) electrons. The summed E-state index contributed by atoms with van der Waals surface area (Å²) in [5.74, 6) is -5.52. The van der Waals surface area contributed by atoms with Gasteiger partial charge in [0.15, 0.2) is 0 Å². The van der Waals surface area contributed by atoms with E-state index in [1.165, 1.54) is 24.3 Å². The van der Waals surface area contributed by atoms with Crippen molar-refractivity contribution in [2.45, 2.75) is 56.3 Å². The lowest BCUT2D eigenvalue weighted by Gasteiger charge is -2.25. The van der Waals surface area contributed by atoms with Crippen molar-refractivity contribution in [1.29, 1.82) is 0 Å². The van der Waals surface area contributed by atoms with Crippen LogP contribution in [0.3, 0.4) is 0 Å². The quantitative estimate of drug-likeness (QED) is 0.0984. The minimum Gasteiger partial charge on any atom is -0.508 e. The Morgan fingerprint density at radius 2 is 1.27 bits per heavy atom. The molecule has 0 aliphatic rings. The average Bonchev–Trinajstić information content (AvgIpc) is 2.83. The van der Waals surface area contributed by atoms with Gasteiger partial charge in [-0.25, -0.2) is 4.79 Å². The Balaban J connectivity index is 3.12. The number of primary amides is 2. The number of hydrogen-bond acceptors (Lipinski definition) is 9. The predicted octanol–water partition coefficient (Wildman–Crippen LogP) is -2.74.